The summed E-state index contributed by atoms with van der Waals surface area (Å²) in [7, 11) is 0. The van der Waals surface area contributed by atoms with E-state index in [0.29, 0.717) is 24.4 Å². The molecule has 1 fully saturated rings. The van der Waals surface area contributed by atoms with Gasteiger partial charge in [-0.2, -0.15) is 5.26 Å². The summed E-state index contributed by atoms with van der Waals surface area (Å²) in [6, 6.07) is 3.31. The Balaban J connectivity index is 2.54. The minimum atomic E-state index is 0.437. The number of likely N-dealkylation sites (tertiary alicyclic amines) is 1. The molecule has 3 unspecified atom stereocenters. The van der Waals surface area contributed by atoms with Crippen LogP contribution in [0.15, 0.2) is 0 Å². The van der Waals surface area contributed by atoms with Crippen LogP contribution < -0.4 is 5.73 Å². The standard InChI is InChI=1S/C11H21N3/c1-3-11(4-5-12)14-8-10(7-13)6-9(14)2/h9-11H,3-4,6-8,13H2,1-2H3. The number of hydrogen-bond acceptors (Lipinski definition) is 3. The molecule has 3 nitrogen and oxygen atoms in total. The first-order valence-corrected chi connectivity index (χ1v) is 5.55. The van der Waals surface area contributed by atoms with E-state index in [1.165, 1.54) is 6.42 Å². The molecule has 3 atom stereocenters. The molecule has 0 spiro atoms. The lowest BCUT2D eigenvalue weighted by atomic mass is 10.1. The Bertz CT molecular complexity index is 209. The van der Waals surface area contributed by atoms with Gasteiger partial charge in [-0.25, -0.2) is 0 Å². The van der Waals surface area contributed by atoms with Crippen LogP contribution in [-0.4, -0.2) is 30.1 Å². The van der Waals surface area contributed by atoms with Crippen molar-refractivity contribution in [2.45, 2.75) is 45.2 Å². The largest absolute Gasteiger partial charge is 0.330 e. The molecule has 0 saturated carbocycles. The van der Waals surface area contributed by atoms with Gasteiger partial charge in [-0.1, -0.05) is 6.92 Å². The number of nitriles is 1. The number of nitrogens with two attached hydrogens (primary N) is 1. The maximum atomic E-state index is 8.74. The van der Waals surface area contributed by atoms with E-state index >= 15 is 0 Å². The number of rotatable bonds is 4. The zero-order valence-corrected chi connectivity index (χ0v) is 9.24. The molecule has 0 aromatic heterocycles. The number of nitrogens with zero attached hydrogens (tertiary/aromatic N) is 2. The molecular formula is C11H21N3. The van der Waals surface area contributed by atoms with Gasteiger partial charge in [0.25, 0.3) is 0 Å². The molecule has 0 radical (unpaired) electrons. The molecule has 0 amide bonds. The van der Waals surface area contributed by atoms with Crippen molar-refractivity contribution in [2.24, 2.45) is 11.7 Å². The van der Waals surface area contributed by atoms with Gasteiger partial charge in [-0.05, 0) is 32.2 Å². The summed E-state index contributed by atoms with van der Waals surface area (Å²) in [4.78, 5) is 2.46. The Labute approximate surface area is 86.9 Å². The third kappa shape index (κ3) is 2.46. The first kappa shape index (κ1) is 11.5. The Morgan fingerprint density at radius 2 is 2.36 bits per heavy atom. The zero-order valence-electron chi connectivity index (χ0n) is 9.24. The highest BCUT2D eigenvalue weighted by molar-refractivity contribution is 4.90. The van der Waals surface area contributed by atoms with E-state index in [0.717, 1.165) is 19.5 Å². The highest BCUT2D eigenvalue weighted by atomic mass is 15.2. The lowest BCUT2D eigenvalue weighted by molar-refractivity contribution is 0.183. The Kier molecular flexibility index (Phi) is 4.37. The van der Waals surface area contributed by atoms with Crippen molar-refractivity contribution in [3.63, 3.8) is 0 Å². The van der Waals surface area contributed by atoms with Crippen LogP contribution in [0.25, 0.3) is 0 Å². The van der Waals surface area contributed by atoms with E-state index in [4.69, 9.17) is 11.0 Å². The molecule has 1 rings (SSSR count). The summed E-state index contributed by atoms with van der Waals surface area (Å²) in [5, 5.41) is 8.74. The van der Waals surface area contributed by atoms with Gasteiger partial charge >= 0.3 is 0 Å². The highest BCUT2D eigenvalue weighted by Gasteiger charge is 2.31. The van der Waals surface area contributed by atoms with Gasteiger partial charge in [0, 0.05) is 18.6 Å². The maximum absolute atomic E-state index is 8.74. The minimum absolute atomic E-state index is 0.437. The van der Waals surface area contributed by atoms with Gasteiger partial charge in [0.05, 0.1) is 12.5 Å². The van der Waals surface area contributed by atoms with Gasteiger partial charge in [0.15, 0.2) is 0 Å². The van der Waals surface area contributed by atoms with Crippen molar-refractivity contribution >= 4 is 0 Å². The van der Waals surface area contributed by atoms with Crippen molar-refractivity contribution < 1.29 is 0 Å². The molecule has 0 aromatic carbocycles. The molecule has 0 aromatic rings. The van der Waals surface area contributed by atoms with Crippen molar-refractivity contribution in [2.75, 3.05) is 13.1 Å². The van der Waals surface area contributed by atoms with Crippen molar-refractivity contribution in [1.82, 2.24) is 4.90 Å². The average molecular weight is 195 g/mol. The first-order chi connectivity index (χ1) is 6.72. The third-order valence-corrected chi connectivity index (χ3v) is 3.31. The molecular weight excluding hydrogens is 174 g/mol. The Hall–Kier alpha value is -0.590. The Morgan fingerprint density at radius 3 is 2.79 bits per heavy atom. The van der Waals surface area contributed by atoms with Crippen molar-refractivity contribution in [3.8, 4) is 6.07 Å². The van der Waals surface area contributed by atoms with Gasteiger partial charge < -0.3 is 5.73 Å². The summed E-state index contributed by atoms with van der Waals surface area (Å²) >= 11 is 0. The van der Waals surface area contributed by atoms with Crippen molar-refractivity contribution in [1.29, 1.82) is 5.26 Å². The molecule has 1 aliphatic heterocycles. The normalized spacial score (nSPS) is 30.1. The van der Waals surface area contributed by atoms with Crippen LogP contribution >= 0.6 is 0 Å². The molecule has 1 saturated heterocycles. The predicted molar refractivity (Wildman–Crippen MR) is 57.6 cm³/mol. The van der Waals surface area contributed by atoms with Crippen LogP contribution in [0.4, 0.5) is 0 Å². The second kappa shape index (κ2) is 5.33. The summed E-state index contributed by atoms with van der Waals surface area (Å²) in [6.45, 7) is 6.27. The van der Waals surface area contributed by atoms with Gasteiger partial charge in [0.2, 0.25) is 0 Å². The highest BCUT2D eigenvalue weighted by Crippen LogP contribution is 2.26. The summed E-state index contributed by atoms with van der Waals surface area (Å²) < 4.78 is 0. The van der Waals surface area contributed by atoms with Crippen LogP contribution in [0, 0.1) is 17.2 Å². The Morgan fingerprint density at radius 1 is 1.64 bits per heavy atom. The van der Waals surface area contributed by atoms with E-state index in [1.807, 2.05) is 0 Å². The second-order valence-corrected chi connectivity index (χ2v) is 4.31. The maximum Gasteiger partial charge on any atom is 0.0638 e. The SMILES string of the molecule is CCC(CC#N)N1CC(CN)CC1C. The van der Waals surface area contributed by atoms with E-state index in [-0.39, 0.29) is 0 Å². The minimum Gasteiger partial charge on any atom is -0.330 e. The quantitative estimate of drug-likeness (QED) is 0.736. The topological polar surface area (TPSA) is 53.0 Å². The third-order valence-electron chi connectivity index (χ3n) is 3.31. The first-order valence-electron chi connectivity index (χ1n) is 5.55. The second-order valence-electron chi connectivity index (χ2n) is 4.31. The van der Waals surface area contributed by atoms with Crippen LogP contribution in [0.2, 0.25) is 0 Å². The van der Waals surface area contributed by atoms with Crippen LogP contribution in [-0.2, 0) is 0 Å². The molecule has 3 heteroatoms. The van der Waals surface area contributed by atoms with Gasteiger partial charge in [-0.3, -0.25) is 4.90 Å². The predicted octanol–water partition coefficient (Wildman–Crippen LogP) is 1.35. The average Bonchev–Trinajstić information content (AvgIpc) is 2.56. The molecule has 1 aliphatic rings. The zero-order chi connectivity index (χ0) is 10.6. The van der Waals surface area contributed by atoms with E-state index in [1.54, 1.807) is 0 Å². The molecule has 80 valence electrons. The van der Waals surface area contributed by atoms with Gasteiger partial charge in [0.1, 0.15) is 0 Å². The molecule has 2 N–H and O–H groups in total. The van der Waals surface area contributed by atoms with Crippen LogP contribution in [0.1, 0.15) is 33.1 Å². The fraction of sp³-hybridized carbons (Fsp3) is 0.909. The molecule has 1 heterocycles. The van der Waals surface area contributed by atoms with E-state index < -0.39 is 0 Å². The summed E-state index contributed by atoms with van der Waals surface area (Å²) in [5.74, 6) is 0.637. The fourth-order valence-corrected chi connectivity index (χ4v) is 2.45. The van der Waals surface area contributed by atoms with Crippen LogP contribution in [0.5, 0.6) is 0 Å². The lowest BCUT2D eigenvalue weighted by Crippen LogP contribution is -2.37. The number of hydrogen-bond donors (Lipinski definition) is 1. The molecule has 14 heavy (non-hydrogen) atoms. The van der Waals surface area contributed by atoms with E-state index in [9.17, 15) is 0 Å². The summed E-state index contributed by atoms with van der Waals surface area (Å²) in [6.07, 6.45) is 2.91. The summed E-state index contributed by atoms with van der Waals surface area (Å²) in [5.41, 5.74) is 5.68. The lowest BCUT2D eigenvalue weighted by Gasteiger charge is -2.29. The smallest absolute Gasteiger partial charge is 0.0638 e. The molecule has 0 bridgehead atoms. The van der Waals surface area contributed by atoms with Crippen LogP contribution in [0.3, 0.4) is 0 Å². The molecule has 0 aliphatic carbocycles. The monoisotopic (exact) mass is 195 g/mol. The van der Waals surface area contributed by atoms with Crippen molar-refractivity contribution in [3.05, 3.63) is 0 Å². The fourth-order valence-electron chi connectivity index (χ4n) is 2.45. The van der Waals surface area contributed by atoms with Gasteiger partial charge in [-0.15, -0.1) is 0 Å². The van der Waals surface area contributed by atoms with E-state index in [2.05, 4.69) is 24.8 Å².